The lowest BCUT2D eigenvalue weighted by atomic mass is 10.0. The summed E-state index contributed by atoms with van der Waals surface area (Å²) < 4.78 is 5.58. The van der Waals surface area contributed by atoms with Crippen molar-refractivity contribution in [3.05, 3.63) is 12.2 Å². The predicted molar refractivity (Wildman–Crippen MR) is 183 cm³/mol. The molecular formula is C38H72O5. The maximum absolute atomic E-state index is 12.3. The van der Waals surface area contributed by atoms with Crippen molar-refractivity contribution in [1.82, 2.24) is 0 Å². The quantitative estimate of drug-likeness (QED) is 0.0431. The van der Waals surface area contributed by atoms with Gasteiger partial charge in [0.1, 0.15) is 6.10 Å². The van der Waals surface area contributed by atoms with Crippen LogP contribution in [0.4, 0.5) is 0 Å². The normalized spacial score (nSPS) is 13.0. The molecule has 0 heterocycles. The molecule has 254 valence electrons. The highest BCUT2D eigenvalue weighted by molar-refractivity contribution is 5.80. The maximum Gasteiger partial charge on any atom is 0.335 e. The van der Waals surface area contributed by atoms with Crippen LogP contribution < -0.4 is 0 Å². The second kappa shape index (κ2) is 33.5. The highest BCUT2D eigenvalue weighted by Gasteiger charge is 2.23. The number of ether oxygens (including phenoxy) is 1. The van der Waals surface area contributed by atoms with Crippen molar-refractivity contribution in [3.63, 3.8) is 0 Å². The first-order valence-corrected chi connectivity index (χ1v) is 18.8. The Bertz CT molecular complexity index is 632. The van der Waals surface area contributed by atoms with Crippen molar-refractivity contribution in [2.75, 3.05) is 0 Å². The van der Waals surface area contributed by atoms with Gasteiger partial charge in [-0.25, -0.2) is 4.79 Å². The molecule has 0 aromatic heterocycles. The Labute approximate surface area is 267 Å². The summed E-state index contributed by atoms with van der Waals surface area (Å²) in [5, 5.41) is 18.8. The largest absolute Gasteiger partial charge is 0.481 e. The highest BCUT2D eigenvalue weighted by Crippen LogP contribution is 2.19. The smallest absolute Gasteiger partial charge is 0.335 e. The third kappa shape index (κ3) is 31.9. The van der Waals surface area contributed by atoms with Gasteiger partial charge in [0.15, 0.2) is 6.10 Å². The van der Waals surface area contributed by atoms with Gasteiger partial charge in [-0.15, -0.1) is 0 Å². The molecule has 5 heteroatoms. The van der Waals surface area contributed by atoms with Gasteiger partial charge < -0.3 is 14.9 Å². The molecule has 5 nitrogen and oxygen atoms in total. The van der Waals surface area contributed by atoms with E-state index in [-0.39, 0.29) is 6.10 Å². The summed E-state index contributed by atoms with van der Waals surface area (Å²) >= 11 is 0. The molecule has 2 unspecified atom stereocenters. The number of aliphatic hydroxyl groups is 1. The molecule has 0 rings (SSSR count). The number of allylic oxidation sites excluding steroid dienone is 2. The minimum absolute atomic E-state index is 0.222. The fourth-order valence-corrected chi connectivity index (χ4v) is 5.76. The highest BCUT2D eigenvalue weighted by atomic mass is 16.6. The Kier molecular flexibility index (Phi) is 32.5. The second-order valence-electron chi connectivity index (χ2n) is 12.9. The molecule has 0 aromatic carbocycles. The Morgan fingerprint density at radius 2 is 0.860 bits per heavy atom. The number of hydrogen-bond acceptors (Lipinski definition) is 4. The summed E-state index contributed by atoms with van der Waals surface area (Å²) in [4.78, 5) is 23.1. The Morgan fingerprint density at radius 1 is 0.535 bits per heavy atom. The molecule has 0 aliphatic carbocycles. The summed E-state index contributed by atoms with van der Waals surface area (Å²) in [5.74, 6) is -1.97. The Hall–Kier alpha value is -1.36. The number of hydrogen-bond donors (Lipinski definition) is 2. The Morgan fingerprint density at radius 3 is 1.21 bits per heavy atom. The van der Waals surface area contributed by atoms with E-state index in [9.17, 15) is 14.7 Å². The molecule has 2 atom stereocenters. The summed E-state index contributed by atoms with van der Waals surface area (Å²) in [6.07, 6.45) is 38.5. The predicted octanol–water partition coefficient (Wildman–Crippen LogP) is 11.6. The van der Waals surface area contributed by atoms with Gasteiger partial charge in [0.25, 0.3) is 0 Å². The standard InChI is InChI=1S/C38H72O5/c1-3-5-7-9-11-13-15-17-18-19-21-23-25-27-29-31-33-35(43-38(42)36(39)34-37(40)41)32-30-28-26-24-22-20-16-14-12-10-8-6-4-2/h17-18,35-36,39H,3-16,19-34H2,1-2H3,(H,40,41)/b18-17-. The Balaban J connectivity index is 4.00. The van der Waals surface area contributed by atoms with Crippen LogP contribution >= 0.6 is 0 Å². The zero-order valence-corrected chi connectivity index (χ0v) is 28.6. The van der Waals surface area contributed by atoms with E-state index in [1.165, 1.54) is 148 Å². The third-order valence-electron chi connectivity index (χ3n) is 8.59. The van der Waals surface area contributed by atoms with E-state index >= 15 is 0 Å². The number of aliphatic hydroxyl groups excluding tert-OH is 1. The molecule has 0 bridgehead atoms. The topological polar surface area (TPSA) is 83.8 Å². The van der Waals surface area contributed by atoms with Crippen molar-refractivity contribution in [2.24, 2.45) is 0 Å². The van der Waals surface area contributed by atoms with Crippen LogP contribution in [0, 0.1) is 0 Å². The van der Waals surface area contributed by atoms with E-state index < -0.39 is 24.5 Å². The molecule has 0 saturated heterocycles. The van der Waals surface area contributed by atoms with Crippen LogP contribution in [0.15, 0.2) is 12.2 Å². The van der Waals surface area contributed by atoms with Crippen LogP contribution in [0.1, 0.15) is 206 Å². The average molecular weight is 609 g/mol. The van der Waals surface area contributed by atoms with Crippen molar-refractivity contribution < 1.29 is 24.5 Å². The number of aliphatic carboxylic acids is 1. The van der Waals surface area contributed by atoms with Crippen LogP contribution in [-0.2, 0) is 14.3 Å². The molecule has 0 aliphatic heterocycles. The number of rotatable bonds is 34. The van der Waals surface area contributed by atoms with E-state index in [0.717, 1.165) is 38.5 Å². The van der Waals surface area contributed by atoms with Crippen LogP contribution in [-0.4, -0.2) is 34.4 Å². The zero-order chi connectivity index (χ0) is 31.6. The van der Waals surface area contributed by atoms with Gasteiger partial charge in [0.2, 0.25) is 0 Å². The molecule has 0 fully saturated rings. The number of carbonyl (C=O) groups is 2. The summed E-state index contributed by atoms with van der Waals surface area (Å²) in [6.45, 7) is 4.53. The van der Waals surface area contributed by atoms with Gasteiger partial charge in [-0.3, -0.25) is 4.79 Å². The van der Waals surface area contributed by atoms with Crippen molar-refractivity contribution in [3.8, 4) is 0 Å². The van der Waals surface area contributed by atoms with Crippen molar-refractivity contribution >= 4 is 11.9 Å². The van der Waals surface area contributed by atoms with Gasteiger partial charge in [-0.2, -0.15) is 0 Å². The summed E-state index contributed by atoms with van der Waals surface area (Å²) in [5.41, 5.74) is 0. The van der Waals surface area contributed by atoms with Gasteiger partial charge >= 0.3 is 11.9 Å². The number of unbranched alkanes of at least 4 members (excludes halogenated alkanes) is 24. The van der Waals surface area contributed by atoms with Gasteiger partial charge in [0.05, 0.1) is 6.42 Å². The molecule has 0 aliphatic rings. The summed E-state index contributed by atoms with van der Waals surface area (Å²) in [6, 6.07) is 0. The lowest BCUT2D eigenvalue weighted by Crippen LogP contribution is -2.30. The molecule has 2 N–H and O–H groups in total. The van der Waals surface area contributed by atoms with Crippen molar-refractivity contribution in [1.29, 1.82) is 0 Å². The van der Waals surface area contributed by atoms with Crippen LogP contribution in [0.25, 0.3) is 0 Å². The lowest BCUT2D eigenvalue weighted by Gasteiger charge is -2.19. The molecular weight excluding hydrogens is 536 g/mol. The molecule has 43 heavy (non-hydrogen) atoms. The van der Waals surface area contributed by atoms with Crippen LogP contribution in [0.5, 0.6) is 0 Å². The summed E-state index contributed by atoms with van der Waals surface area (Å²) in [7, 11) is 0. The van der Waals surface area contributed by atoms with Gasteiger partial charge in [-0.1, -0.05) is 161 Å². The molecule has 0 radical (unpaired) electrons. The third-order valence-corrected chi connectivity index (χ3v) is 8.59. The minimum atomic E-state index is -1.58. The van der Waals surface area contributed by atoms with E-state index in [1.54, 1.807) is 0 Å². The molecule has 0 amide bonds. The fraction of sp³-hybridized carbons (Fsp3) is 0.895. The lowest BCUT2D eigenvalue weighted by molar-refractivity contribution is -0.163. The SMILES string of the molecule is CCCCCCCC/C=C\CCCCCCCCC(CCCCCCCCCCCCCCC)OC(=O)C(O)CC(=O)O. The number of esters is 1. The van der Waals surface area contributed by atoms with E-state index in [0.29, 0.717) is 0 Å². The fourth-order valence-electron chi connectivity index (χ4n) is 5.76. The zero-order valence-electron chi connectivity index (χ0n) is 28.6. The first-order chi connectivity index (χ1) is 21.0. The van der Waals surface area contributed by atoms with Gasteiger partial charge in [-0.05, 0) is 51.4 Å². The van der Waals surface area contributed by atoms with Crippen molar-refractivity contribution in [2.45, 2.75) is 219 Å². The van der Waals surface area contributed by atoms with Crippen LogP contribution in [0.3, 0.4) is 0 Å². The van der Waals surface area contributed by atoms with E-state index in [2.05, 4.69) is 26.0 Å². The second-order valence-corrected chi connectivity index (χ2v) is 12.9. The molecule has 0 saturated carbocycles. The average Bonchev–Trinajstić information content (AvgIpc) is 2.98. The minimum Gasteiger partial charge on any atom is -0.481 e. The molecule has 0 spiro atoms. The number of carboxylic acids is 1. The van der Waals surface area contributed by atoms with E-state index in [1.807, 2.05) is 0 Å². The number of carboxylic acid groups (broad SMARTS) is 1. The van der Waals surface area contributed by atoms with Crippen LogP contribution in [0.2, 0.25) is 0 Å². The van der Waals surface area contributed by atoms with E-state index in [4.69, 9.17) is 9.84 Å². The maximum atomic E-state index is 12.3. The first-order valence-electron chi connectivity index (χ1n) is 18.8. The number of carbonyl (C=O) groups excluding carboxylic acids is 1. The monoisotopic (exact) mass is 609 g/mol. The first kappa shape index (κ1) is 41.6. The molecule has 0 aromatic rings. The van der Waals surface area contributed by atoms with Gasteiger partial charge in [0, 0.05) is 0 Å².